The van der Waals surface area contributed by atoms with Crippen LogP contribution in [0.1, 0.15) is 0 Å². The summed E-state index contributed by atoms with van der Waals surface area (Å²) in [6, 6.07) is 0. The van der Waals surface area contributed by atoms with E-state index in [0.29, 0.717) is 0 Å². The molecule has 5 fully saturated rings. The predicted octanol–water partition coefficient (Wildman–Crippen LogP) is -11.9. The van der Waals surface area contributed by atoms with Crippen LogP contribution in [0.3, 0.4) is 0 Å². The lowest BCUT2D eigenvalue weighted by Gasteiger charge is -2.48. The molecule has 26 heteroatoms. The van der Waals surface area contributed by atoms with Gasteiger partial charge in [-0.2, -0.15) is 0 Å². The molecule has 5 aliphatic heterocycles. The van der Waals surface area contributed by atoms with Gasteiger partial charge in [-0.15, -0.1) is 0 Å². The molecule has 328 valence electrons. The number of rotatable bonds is 13. The first-order valence-corrected chi connectivity index (χ1v) is 17.6. The molecular formula is C30H52O26. The van der Waals surface area contributed by atoms with Crippen LogP contribution < -0.4 is 0 Å². The van der Waals surface area contributed by atoms with E-state index in [-0.39, 0.29) is 0 Å². The van der Waals surface area contributed by atoms with Crippen molar-refractivity contribution >= 4 is 0 Å². The maximum atomic E-state index is 11.3. The standard InChI is InChI=1S/C30H52O26/c31-1-6-11(34)16(39)19(42)27(51-6)48-4-9-13(36)18(41)20(43)28(53-9)49-5-10-15(38)25(56-29-21(44)17(40)12(35)7(2-32)52-29)23(46)30(54-10)55-24-14(37)8(3-33)50-26(47)22(24)45/h6-47H,1-5H2/t6-,7-,8-,9-,10-,11+,12+,13+,14+,15+,16+,17+,18+,19-,20-,21-,22-,23-,24+,25+,26-,27-,28-,29+,30+/m1/s1. The fourth-order valence-corrected chi connectivity index (χ4v) is 6.81. The minimum Gasteiger partial charge on any atom is -0.394 e. The Balaban J connectivity index is 1.32. The summed E-state index contributed by atoms with van der Waals surface area (Å²) in [7, 11) is 0. The van der Waals surface area contributed by atoms with Crippen LogP contribution in [0.25, 0.3) is 0 Å². The maximum absolute atomic E-state index is 11.3. The van der Waals surface area contributed by atoms with E-state index in [4.69, 9.17) is 42.6 Å². The highest BCUT2D eigenvalue weighted by atomic mass is 16.8. The molecule has 5 saturated heterocycles. The lowest BCUT2D eigenvalue weighted by Crippen LogP contribution is -2.67. The van der Waals surface area contributed by atoms with Crippen LogP contribution in [0.5, 0.6) is 0 Å². The molecule has 25 atom stereocenters. The van der Waals surface area contributed by atoms with Gasteiger partial charge < -0.3 is 129 Å². The lowest BCUT2D eigenvalue weighted by molar-refractivity contribution is -0.384. The Hall–Kier alpha value is -1.04. The molecule has 5 rings (SSSR count). The van der Waals surface area contributed by atoms with Crippen molar-refractivity contribution in [3.63, 3.8) is 0 Å². The maximum Gasteiger partial charge on any atom is 0.187 e. The van der Waals surface area contributed by atoms with E-state index >= 15 is 0 Å². The van der Waals surface area contributed by atoms with E-state index in [0.717, 1.165) is 0 Å². The fraction of sp³-hybridized carbons (Fsp3) is 1.00. The molecule has 0 bridgehead atoms. The lowest BCUT2D eigenvalue weighted by atomic mass is 9.96. The minimum absolute atomic E-state index is 0.719. The van der Waals surface area contributed by atoms with Crippen LogP contribution in [-0.4, -0.2) is 273 Å². The second kappa shape index (κ2) is 19.6. The molecule has 0 aromatic rings. The van der Waals surface area contributed by atoms with Crippen molar-refractivity contribution in [2.24, 2.45) is 0 Å². The Morgan fingerprint density at radius 3 is 1.11 bits per heavy atom. The molecule has 5 aliphatic rings. The molecule has 0 aliphatic carbocycles. The summed E-state index contributed by atoms with van der Waals surface area (Å²) in [6.07, 6.45) is -46.1. The molecule has 0 saturated carbocycles. The monoisotopic (exact) mass is 828 g/mol. The molecule has 0 radical (unpaired) electrons. The van der Waals surface area contributed by atoms with Crippen molar-refractivity contribution < 1.29 is 129 Å². The highest BCUT2D eigenvalue weighted by Gasteiger charge is 2.55. The first-order valence-electron chi connectivity index (χ1n) is 17.6. The summed E-state index contributed by atoms with van der Waals surface area (Å²) in [5.74, 6) is 0. The number of ether oxygens (including phenoxy) is 9. The molecular weight excluding hydrogens is 776 g/mol. The molecule has 17 N–H and O–H groups in total. The van der Waals surface area contributed by atoms with Gasteiger partial charge in [-0.3, -0.25) is 0 Å². The van der Waals surface area contributed by atoms with Gasteiger partial charge in [0.05, 0.1) is 33.0 Å². The van der Waals surface area contributed by atoms with E-state index in [1.165, 1.54) is 0 Å². The van der Waals surface area contributed by atoms with Crippen LogP contribution >= 0.6 is 0 Å². The fourth-order valence-electron chi connectivity index (χ4n) is 6.81. The zero-order valence-corrected chi connectivity index (χ0v) is 29.2. The number of hydrogen-bond donors (Lipinski definition) is 17. The van der Waals surface area contributed by atoms with E-state index in [1.54, 1.807) is 0 Å². The third kappa shape index (κ3) is 9.46. The Morgan fingerprint density at radius 2 is 0.625 bits per heavy atom. The van der Waals surface area contributed by atoms with E-state index in [2.05, 4.69) is 0 Å². The molecule has 0 spiro atoms. The Morgan fingerprint density at radius 1 is 0.304 bits per heavy atom. The summed E-state index contributed by atoms with van der Waals surface area (Å²) in [5.41, 5.74) is 0. The van der Waals surface area contributed by atoms with Crippen molar-refractivity contribution in [2.45, 2.75) is 154 Å². The normalized spacial score (nSPS) is 53.2. The second-order valence-corrected chi connectivity index (χ2v) is 14.0. The van der Waals surface area contributed by atoms with E-state index in [9.17, 15) is 86.8 Å². The molecule has 0 aromatic carbocycles. The number of aliphatic hydroxyl groups is 17. The van der Waals surface area contributed by atoms with Crippen LogP contribution in [0.4, 0.5) is 0 Å². The summed E-state index contributed by atoms with van der Waals surface area (Å²) >= 11 is 0. The van der Waals surface area contributed by atoms with Crippen LogP contribution in [0.2, 0.25) is 0 Å². The smallest absolute Gasteiger partial charge is 0.187 e. The first-order chi connectivity index (χ1) is 26.4. The SMILES string of the molecule is OC[C@H]1O[C@@H](OC[C@H]2O[C@@H](OC[C@H]3O[C@@H](O[C@@H]4[C@@H](O)[C@H](O)O[C@H](CO)[C@@H]4O)[C@H](O)[C@@H](O[C@@H]4O[C@H](CO)[C@H](O)[C@H](O)[C@H]4O)[C@H]3O)[C@H](O)[C@@H](O)[C@H]2O)[C@H](O)[C@@H](O)[C@H]1O. The molecule has 0 amide bonds. The van der Waals surface area contributed by atoms with Gasteiger partial charge in [0.1, 0.15) is 122 Å². The van der Waals surface area contributed by atoms with Crippen molar-refractivity contribution in [3.05, 3.63) is 0 Å². The van der Waals surface area contributed by atoms with Crippen molar-refractivity contribution in [1.82, 2.24) is 0 Å². The molecule has 56 heavy (non-hydrogen) atoms. The highest BCUT2D eigenvalue weighted by molar-refractivity contribution is 4.97. The second-order valence-electron chi connectivity index (χ2n) is 14.0. The topological polar surface area (TPSA) is 427 Å². The zero-order valence-electron chi connectivity index (χ0n) is 29.2. The van der Waals surface area contributed by atoms with Gasteiger partial charge in [0.15, 0.2) is 31.5 Å². The average Bonchev–Trinajstić information content (AvgIpc) is 3.18. The number of aliphatic hydroxyl groups excluding tert-OH is 17. The zero-order chi connectivity index (χ0) is 41.3. The average molecular weight is 829 g/mol. The van der Waals surface area contributed by atoms with Crippen LogP contribution in [-0.2, 0) is 42.6 Å². The summed E-state index contributed by atoms with van der Waals surface area (Å²) < 4.78 is 48.9. The van der Waals surface area contributed by atoms with Crippen molar-refractivity contribution in [1.29, 1.82) is 0 Å². The third-order valence-electron chi connectivity index (χ3n) is 10.3. The predicted molar refractivity (Wildman–Crippen MR) is 167 cm³/mol. The van der Waals surface area contributed by atoms with Crippen LogP contribution in [0, 0.1) is 0 Å². The largest absolute Gasteiger partial charge is 0.394 e. The van der Waals surface area contributed by atoms with Gasteiger partial charge in [0.2, 0.25) is 0 Å². The Kier molecular flexibility index (Phi) is 16.1. The molecule has 5 heterocycles. The number of hydrogen-bond acceptors (Lipinski definition) is 26. The van der Waals surface area contributed by atoms with Crippen molar-refractivity contribution in [3.8, 4) is 0 Å². The molecule has 26 nitrogen and oxygen atoms in total. The van der Waals surface area contributed by atoms with E-state index < -0.39 is 187 Å². The van der Waals surface area contributed by atoms with Gasteiger partial charge in [0.25, 0.3) is 0 Å². The first kappa shape index (κ1) is 46.0. The quantitative estimate of drug-likeness (QED) is 0.0819. The minimum atomic E-state index is -2.14. The van der Waals surface area contributed by atoms with Gasteiger partial charge in [-0.25, -0.2) is 0 Å². The Bertz CT molecular complexity index is 1200. The van der Waals surface area contributed by atoms with Gasteiger partial charge in [-0.1, -0.05) is 0 Å². The third-order valence-corrected chi connectivity index (χ3v) is 10.3. The van der Waals surface area contributed by atoms with Gasteiger partial charge in [-0.05, 0) is 0 Å². The summed E-state index contributed by atoms with van der Waals surface area (Å²) in [6.45, 7) is -4.10. The van der Waals surface area contributed by atoms with Gasteiger partial charge in [0, 0.05) is 0 Å². The summed E-state index contributed by atoms with van der Waals surface area (Å²) in [4.78, 5) is 0. The van der Waals surface area contributed by atoms with E-state index in [1.807, 2.05) is 0 Å². The Labute approximate surface area is 316 Å². The molecule has 0 unspecified atom stereocenters. The van der Waals surface area contributed by atoms with Gasteiger partial charge >= 0.3 is 0 Å². The van der Waals surface area contributed by atoms with Crippen molar-refractivity contribution in [2.75, 3.05) is 33.0 Å². The molecule has 0 aromatic heterocycles. The highest BCUT2D eigenvalue weighted by Crippen LogP contribution is 2.34. The summed E-state index contributed by atoms with van der Waals surface area (Å²) in [5, 5.41) is 176. The van der Waals surface area contributed by atoms with Crippen LogP contribution in [0.15, 0.2) is 0 Å².